The van der Waals surface area contributed by atoms with E-state index in [0.717, 1.165) is 17.9 Å². The number of benzene rings is 1. The summed E-state index contributed by atoms with van der Waals surface area (Å²) < 4.78 is 5.51. The van der Waals surface area contributed by atoms with Crippen molar-refractivity contribution in [2.45, 2.75) is 24.8 Å². The van der Waals surface area contributed by atoms with Gasteiger partial charge < -0.3 is 15.4 Å². The Kier molecular flexibility index (Phi) is 3.19. The number of rotatable bonds is 5. The molecule has 1 aliphatic carbocycles. The summed E-state index contributed by atoms with van der Waals surface area (Å²) in [6.45, 7) is 2.00. The van der Waals surface area contributed by atoms with E-state index in [9.17, 15) is 4.79 Å². The molecule has 0 bridgehead atoms. The summed E-state index contributed by atoms with van der Waals surface area (Å²) in [7, 11) is 0. The van der Waals surface area contributed by atoms with Crippen molar-refractivity contribution < 1.29 is 9.53 Å². The maximum absolute atomic E-state index is 12.0. The number of nitrogens with one attached hydrogen (secondary N) is 2. The largest absolute Gasteiger partial charge is 0.492 e. The van der Waals surface area contributed by atoms with Crippen molar-refractivity contribution in [2.24, 2.45) is 0 Å². The van der Waals surface area contributed by atoms with E-state index in [1.807, 2.05) is 24.3 Å². The molecule has 1 amide bonds. The monoisotopic (exact) mass is 246 g/mol. The summed E-state index contributed by atoms with van der Waals surface area (Å²) in [5.41, 5.74) is 1.00. The Bertz CT molecular complexity index is 443. The van der Waals surface area contributed by atoms with Crippen LogP contribution in [-0.4, -0.2) is 31.6 Å². The molecule has 1 unspecified atom stereocenters. The molecular weight excluding hydrogens is 228 g/mol. The number of para-hydroxylation sites is 1. The molecule has 0 saturated heterocycles. The molecule has 0 aromatic heterocycles. The third-order valence-electron chi connectivity index (χ3n) is 3.45. The number of carbonyl (C=O) groups is 1. The second kappa shape index (κ2) is 4.98. The normalized spacial score (nSPS) is 21.2. The van der Waals surface area contributed by atoms with Gasteiger partial charge in [0.1, 0.15) is 18.3 Å². The van der Waals surface area contributed by atoms with E-state index >= 15 is 0 Å². The molecule has 1 atom stereocenters. The van der Waals surface area contributed by atoms with Gasteiger partial charge in [0, 0.05) is 24.7 Å². The van der Waals surface area contributed by atoms with Gasteiger partial charge in [-0.3, -0.25) is 4.79 Å². The lowest BCUT2D eigenvalue weighted by Crippen LogP contribution is -2.36. The van der Waals surface area contributed by atoms with Crippen LogP contribution in [-0.2, 0) is 4.79 Å². The Morgan fingerprint density at radius 2 is 2.11 bits per heavy atom. The first-order chi connectivity index (χ1) is 8.84. The van der Waals surface area contributed by atoms with Gasteiger partial charge in [-0.25, -0.2) is 0 Å². The number of ether oxygens (including phenoxy) is 1. The Morgan fingerprint density at radius 1 is 1.28 bits per heavy atom. The minimum atomic E-state index is -0.151. The summed E-state index contributed by atoms with van der Waals surface area (Å²) in [6, 6.07) is 8.45. The van der Waals surface area contributed by atoms with Crippen molar-refractivity contribution in [1.29, 1.82) is 0 Å². The smallest absolute Gasteiger partial charge is 0.231 e. The maximum atomic E-state index is 12.0. The van der Waals surface area contributed by atoms with Gasteiger partial charge in [-0.15, -0.1) is 0 Å². The topological polar surface area (TPSA) is 50.4 Å². The van der Waals surface area contributed by atoms with Gasteiger partial charge in [-0.2, -0.15) is 0 Å². The molecule has 2 N–H and O–H groups in total. The van der Waals surface area contributed by atoms with Gasteiger partial charge in [0.25, 0.3) is 0 Å². The minimum Gasteiger partial charge on any atom is -0.492 e. The van der Waals surface area contributed by atoms with Gasteiger partial charge in [0.05, 0.1) is 0 Å². The molecule has 1 heterocycles. The van der Waals surface area contributed by atoms with E-state index in [2.05, 4.69) is 10.6 Å². The molecule has 1 fully saturated rings. The standard InChI is InChI=1S/C14H18N2O2/c17-14(16-8-7-15-10-5-6-10)12-9-18-13-4-2-1-3-11(12)13/h1-4,10,12,15H,5-9H2,(H,16,17). The summed E-state index contributed by atoms with van der Waals surface area (Å²) in [4.78, 5) is 12.0. The van der Waals surface area contributed by atoms with E-state index < -0.39 is 0 Å². The van der Waals surface area contributed by atoms with Crippen LogP contribution in [0.3, 0.4) is 0 Å². The predicted octanol–water partition coefficient (Wildman–Crippen LogP) is 1.03. The van der Waals surface area contributed by atoms with Crippen LogP contribution in [0.25, 0.3) is 0 Å². The highest BCUT2D eigenvalue weighted by Gasteiger charge is 2.29. The summed E-state index contributed by atoms with van der Waals surface area (Å²) in [6.07, 6.45) is 2.55. The molecule has 1 aromatic carbocycles. The molecule has 96 valence electrons. The van der Waals surface area contributed by atoms with Crippen LogP contribution in [0.5, 0.6) is 5.75 Å². The summed E-state index contributed by atoms with van der Waals surface area (Å²) in [5, 5.41) is 6.34. The molecule has 1 aliphatic heterocycles. The second-order valence-electron chi connectivity index (χ2n) is 4.92. The summed E-state index contributed by atoms with van der Waals surface area (Å²) >= 11 is 0. The van der Waals surface area contributed by atoms with E-state index in [0.29, 0.717) is 19.2 Å². The molecule has 3 rings (SSSR count). The lowest BCUT2D eigenvalue weighted by molar-refractivity contribution is -0.122. The predicted molar refractivity (Wildman–Crippen MR) is 68.7 cm³/mol. The fourth-order valence-electron chi connectivity index (χ4n) is 2.25. The van der Waals surface area contributed by atoms with E-state index in [1.165, 1.54) is 12.8 Å². The average Bonchev–Trinajstić information content (AvgIpc) is 3.11. The maximum Gasteiger partial charge on any atom is 0.231 e. The Morgan fingerprint density at radius 3 is 2.94 bits per heavy atom. The minimum absolute atomic E-state index is 0.0672. The highest BCUT2D eigenvalue weighted by atomic mass is 16.5. The molecule has 4 nitrogen and oxygen atoms in total. The molecule has 18 heavy (non-hydrogen) atoms. The highest BCUT2D eigenvalue weighted by molar-refractivity contribution is 5.85. The molecule has 4 heteroatoms. The number of fused-ring (bicyclic) bond motifs is 1. The molecule has 0 radical (unpaired) electrons. The second-order valence-corrected chi connectivity index (χ2v) is 4.92. The van der Waals surface area contributed by atoms with Crippen molar-refractivity contribution in [1.82, 2.24) is 10.6 Å². The zero-order valence-electron chi connectivity index (χ0n) is 10.3. The lowest BCUT2D eigenvalue weighted by atomic mass is 10.0. The van der Waals surface area contributed by atoms with Crippen LogP contribution in [0.15, 0.2) is 24.3 Å². The van der Waals surface area contributed by atoms with Crippen LogP contribution in [0.4, 0.5) is 0 Å². The van der Waals surface area contributed by atoms with Crippen LogP contribution >= 0.6 is 0 Å². The number of amides is 1. The quantitative estimate of drug-likeness (QED) is 0.763. The molecule has 2 aliphatic rings. The summed E-state index contributed by atoms with van der Waals surface area (Å²) in [5.74, 6) is 0.758. The van der Waals surface area contributed by atoms with Crippen LogP contribution in [0.2, 0.25) is 0 Å². The third-order valence-corrected chi connectivity index (χ3v) is 3.45. The van der Waals surface area contributed by atoms with Crippen molar-refractivity contribution in [2.75, 3.05) is 19.7 Å². The van der Waals surface area contributed by atoms with E-state index in [-0.39, 0.29) is 11.8 Å². The van der Waals surface area contributed by atoms with Crippen molar-refractivity contribution in [3.8, 4) is 5.75 Å². The Labute approximate surface area is 107 Å². The average molecular weight is 246 g/mol. The van der Waals surface area contributed by atoms with E-state index in [1.54, 1.807) is 0 Å². The number of hydrogen-bond acceptors (Lipinski definition) is 3. The first kappa shape index (κ1) is 11.5. The van der Waals surface area contributed by atoms with Gasteiger partial charge in [0.2, 0.25) is 5.91 Å². The fraction of sp³-hybridized carbons (Fsp3) is 0.500. The number of hydrogen-bond donors (Lipinski definition) is 2. The molecular formula is C14H18N2O2. The number of carbonyl (C=O) groups excluding carboxylic acids is 1. The molecule has 1 aromatic rings. The van der Waals surface area contributed by atoms with Crippen LogP contribution in [0, 0.1) is 0 Å². The lowest BCUT2D eigenvalue weighted by Gasteiger charge is -2.10. The Hall–Kier alpha value is -1.55. The van der Waals surface area contributed by atoms with Crippen LogP contribution in [0.1, 0.15) is 24.3 Å². The third kappa shape index (κ3) is 2.48. The molecule has 0 spiro atoms. The van der Waals surface area contributed by atoms with Crippen molar-refractivity contribution in [3.05, 3.63) is 29.8 Å². The van der Waals surface area contributed by atoms with Gasteiger partial charge >= 0.3 is 0 Å². The SMILES string of the molecule is O=C(NCCNC1CC1)C1COc2ccccc21. The van der Waals surface area contributed by atoms with Gasteiger partial charge in [-0.05, 0) is 18.9 Å². The zero-order valence-corrected chi connectivity index (χ0v) is 10.3. The zero-order chi connectivity index (χ0) is 12.4. The first-order valence-electron chi connectivity index (χ1n) is 6.57. The fourth-order valence-corrected chi connectivity index (χ4v) is 2.25. The van der Waals surface area contributed by atoms with Gasteiger partial charge in [0.15, 0.2) is 0 Å². The van der Waals surface area contributed by atoms with Crippen molar-refractivity contribution >= 4 is 5.91 Å². The highest BCUT2D eigenvalue weighted by Crippen LogP contribution is 2.33. The Balaban J connectivity index is 1.50. The van der Waals surface area contributed by atoms with Crippen LogP contribution < -0.4 is 15.4 Å². The van der Waals surface area contributed by atoms with Crippen molar-refractivity contribution in [3.63, 3.8) is 0 Å². The van der Waals surface area contributed by atoms with E-state index in [4.69, 9.17) is 4.74 Å². The first-order valence-corrected chi connectivity index (χ1v) is 6.57. The molecule has 1 saturated carbocycles. The van der Waals surface area contributed by atoms with Gasteiger partial charge in [-0.1, -0.05) is 18.2 Å².